The van der Waals surface area contributed by atoms with Crippen LogP contribution in [-0.2, 0) is 24.9 Å². The fourth-order valence-corrected chi connectivity index (χ4v) is 2.66. The maximum atomic E-state index is 12.7. The first-order valence-electron chi connectivity index (χ1n) is 8.11. The summed E-state index contributed by atoms with van der Waals surface area (Å²) in [6.45, 7) is 4.64. The summed E-state index contributed by atoms with van der Waals surface area (Å²) in [5.41, 5.74) is 0.281. The lowest BCUT2D eigenvalue weighted by molar-refractivity contribution is -0.117. The Labute approximate surface area is 134 Å². The normalized spacial score (nSPS) is 11.3. The topological polar surface area (TPSA) is 78.9 Å². The molecular formula is C16H24N4O3. The molecule has 0 amide bonds. The summed E-state index contributed by atoms with van der Waals surface area (Å²) in [4.78, 5) is 40.2. The van der Waals surface area contributed by atoms with Crippen molar-refractivity contribution < 1.29 is 4.79 Å². The van der Waals surface area contributed by atoms with Crippen molar-refractivity contribution in [2.45, 2.75) is 59.0 Å². The van der Waals surface area contributed by atoms with Crippen molar-refractivity contribution in [3.8, 4) is 0 Å². The summed E-state index contributed by atoms with van der Waals surface area (Å²) in [6, 6.07) is 0. The predicted octanol–water partition coefficient (Wildman–Crippen LogP) is 1.46. The number of aromatic nitrogens is 4. The maximum absolute atomic E-state index is 12.7. The number of ketones is 1. The lowest BCUT2D eigenvalue weighted by Gasteiger charge is -2.09. The van der Waals surface area contributed by atoms with E-state index in [9.17, 15) is 14.4 Å². The Balaban J connectivity index is 2.37. The highest BCUT2D eigenvalue weighted by atomic mass is 16.2. The maximum Gasteiger partial charge on any atom is 0.332 e. The molecule has 0 atom stereocenters. The van der Waals surface area contributed by atoms with E-state index in [1.807, 2.05) is 6.92 Å². The summed E-state index contributed by atoms with van der Waals surface area (Å²) >= 11 is 0. The van der Waals surface area contributed by atoms with E-state index in [0.717, 1.165) is 25.7 Å². The third-order valence-corrected chi connectivity index (χ3v) is 4.01. The zero-order chi connectivity index (χ0) is 17.0. The van der Waals surface area contributed by atoms with Crippen molar-refractivity contribution in [3.63, 3.8) is 0 Å². The molecular weight excluding hydrogens is 296 g/mol. The van der Waals surface area contributed by atoms with Crippen molar-refractivity contribution in [2.24, 2.45) is 7.05 Å². The van der Waals surface area contributed by atoms with E-state index >= 15 is 0 Å². The second-order valence-corrected chi connectivity index (χ2v) is 5.92. The predicted molar refractivity (Wildman–Crippen MR) is 88.7 cm³/mol. The Hall–Kier alpha value is -2.18. The van der Waals surface area contributed by atoms with Crippen LogP contribution in [0.3, 0.4) is 0 Å². The minimum absolute atomic E-state index is 0.171. The largest absolute Gasteiger partial charge is 0.332 e. The number of fused-ring (bicyclic) bond motifs is 1. The Morgan fingerprint density at radius 1 is 1.17 bits per heavy atom. The van der Waals surface area contributed by atoms with Gasteiger partial charge in [0, 0.05) is 26.6 Å². The van der Waals surface area contributed by atoms with Gasteiger partial charge in [-0.2, -0.15) is 0 Å². The molecule has 0 bridgehead atoms. The number of imidazole rings is 1. The molecule has 0 unspecified atom stereocenters. The van der Waals surface area contributed by atoms with E-state index in [1.165, 1.54) is 9.13 Å². The van der Waals surface area contributed by atoms with Gasteiger partial charge >= 0.3 is 5.69 Å². The first-order chi connectivity index (χ1) is 11.0. The lowest BCUT2D eigenvalue weighted by Crippen LogP contribution is -2.39. The molecule has 0 aromatic carbocycles. The van der Waals surface area contributed by atoms with Crippen molar-refractivity contribution in [2.75, 3.05) is 0 Å². The minimum atomic E-state index is -0.322. The molecule has 2 aromatic rings. The summed E-state index contributed by atoms with van der Waals surface area (Å²) in [5, 5.41) is 0. The van der Waals surface area contributed by atoms with E-state index in [2.05, 4.69) is 4.98 Å². The van der Waals surface area contributed by atoms with E-state index in [0.29, 0.717) is 30.7 Å². The zero-order valence-electron chi connectivity index (χ0n) is 14.0. The Morgan fingerprint density at radius 2 is 1.91 bits per heavy atom. The molecule has 0 saturated heterocycles. The smallest absolute Gasteiger partial charge is 0.325 e. The van der Waals surface area contributed by atoms with Crippen molar-refractivity contribution in [1.82, 2.24) is 18.7 Å². The molecule has 0 aliphatic heterocycles. The first kappa shape index (κ1) is 17.2. The van der Waals surface area contributed by atoms with Crippen LogP contribution in [0.25, 0.3) is 11.2 Å². The van der Waals surface area contributed by atoms with Gasteiger partial charge in [0.15, 0.2) is 11.2 Å². The summed E-state index contributed by atoms with van der Waals surface area (Å²) < 4.78 is 4.51. The van der Waals surface area contributed by atoms with E-state index < -0.39 is 0 Å². The molecule has 2 aromatic heterocycles. The van der Waals surface area contributed by atoms with Gasteiger partial charge in [-0.1, -0.05) is 13.3 Å². The lowest BCUT2D eigenvalue weighted by atomic mass is 10.2. The van der Waals surface area contributed by atoms with Gasteiger partial charge in [0.1, 0.15) is 5.78 Å². The van der Waals surface area contributed by atoms with Gasteiger partial charge < -0.3 is 9.36 Å². The van der Waals surface area contributed by atoms with E-state index in [1.54, 1.807) is 24.9 Å². The van der Waals surface area contributed by atoms with Crippen molar-refractivity contribution in [1.29, 1.82) is 0 Å². The average Bonchev–Trinajstić information content (AvgIpc) is 2.93. The SMILES string of the molecule is CCCCn1c(=O)c2c(ncn2CCCCC(C)=O)n(C)c1=O. The minimum Gasteiger partial charge on any atom is -0.325 e. The van der Waals surface area contributed by atoms with Gasteiger partial charge in [0.25, 0.3) is 5.56 Å². The van der Waals surface area contributed by atoms with Gasteiger partial charge in [-0.3, -0.25) is 13.9 Å². The first-order valence-corrected chi connectivity index (χ1v) is 8.11. The number of hydrogen-bond acceptors (Lipinski definition) is 4. The molecule has 7 nitrogen and oxygen atoms in total. The number of Topliss-reactive ketones (excluding diaryl/α,β-unsaturated/α-hetero) is 1. The molecule has 0 radical (unpaired) electrons. The van der Waals surface area contributed by atoms with Crippen LogP contribution >= 0.6 is 0 Å². The number of rotatable bonds is 8. The van der Waals surface area contributed by atoms with Gasteiger partial charge in [0.2, 0.25) is 0 Å². The number of hydrogen-bond donors (Lipinski definition) is 0. The Morgan fingerprint density at radius 3 is 2.57 bits per heavy atom. The standard InChI is InChI=1S/C16H24N4O3/c1-4-5-10-20-15(22)13-14(18(3)16(20)23)17-11-19(13)9-7-6-8-12(2)21/h11H,4-10H2,1-3H3. The fourth-order valence-electron chi connectivity index (χ4n) is 2.66. The van der Waals surface area contributed by atoms with Crippen LogP contribution in [-0.4, -0.2) is 24.5 Å². The zero-order valence-corrected chi connectivity index (χ0v) is 14.0. The van der Waals surface area contributed by atoms with Crippen LogP contribution in [0.2, 0.25) is 0 Å². The van der Waals surface area contributed by atoms with Gasteiger partial charge in [-0.05, 0) is 26.2 Å². The highest BCUT2D eigenvalue weighted by Crippen LogP contribution is 2.08. The van der Waals surface area contributed by atoms with Gasteiger partial charge in [-0.25, -0.2) is 9.78 Å². The Kier molecular flexibility index (Phi) is 5.52. The third kappa shape index (κ3) is 3.60. The van der Waals surface area contributed by atoms with Crippen molar-refractivity contribution >= 4 is 16.9 Å². The molecule has 0 spiro atoms. The van der Waals surface area contributed by atoms with Crippen LogP contribution < -0.4 is 11.2 Å². The van der Waals surface area contributed by atoms with Crippen LogP contribution in [0.15, 0.2) is 15.9 Å². The second-order valence-electron chi connectivity index (χ2n) is 5.92. The van der Waals surface area contributed by atoms with Gasteiger partial charge in [-0.15, -0.1) is 0 Å². The highest BCUT2D eigenvalue weighted by Gasteiger charge is 2.15. The number of unbranched alkanes of at least 4 members (excludes halogenated alkanes) is 2. The third-order valence-electron chi connectivity index (χ3n) is 4.01. The molecule has 0 aliphatic rings. The van der Waals surface area contributed by atoms with Crippen LogP contribution in [0.5, 0.6) is 0 Å². The quantitative estimate of drug-likeness (QED) is 0.690. The number of carbonyl (C=O) groups is 1. The molecule has 0 saturated carbocycles. The van der Waals surface area contributed by atoms with E-state index in [4.69, 9.17) is 0 Å². The van der Waals surface area contributed by atoms with Gasteiger partial charge in [0.05, 0.1) is 6.33 Å². The summed E-state index contributed by atoms with van der Waals surface area (Å²) in [5.74, 6) is 0.171. The van der Waals surface area contributed by atoms with Crippen LogP contribution in [0, 0.1) is 0 Å². The molecule has 0 fully saturated rings. The second kappa shape index (κ2) is 7.39. The molecule has 0 N–H and O–H groups in total. The van der Waals surface area contributed by atoms with Crippen LogP contribution in [0.4, 0.5) is 0 Å². The monoisotopic (exact) mass is 320 g/mol. The molecule has 23 heavy (non-hydrogen) atoms. The fraction of sp³-hybridized carbons (Fsp3) is 0.625. The number of nitrogens with zero attached hydrogens (tertiary/aromatic N) is 4. The molecule has 2 heterocycles. The summed E-state index contributed by atoms with van der Waals surface area (Å²) in [6.07, 6.45) is 5.42. The molecule has 126 valence electrons. The summed E-state index contributed by atoms with van der Waals surface area (Å²) in [7, 11) is 1.64. The number of aryl methyl sites for hydroxylation is 2. The highest BCUT2D eigenvalue weighted by molar-refractivity contribution is 5.75. The molecule has 7 heteroatoms. The number of carbonyl (C=O) groups excluding carboxylic acids is 1. The average molecular weight is 320 g/mol. The van der Waals surface area contributed by atoms with Crippen LogP contribution in [0.1, 0.15) is 46.0 Å². The van der Waals surface area contributed by atoms with E-state index in [-0.39, 0.29) is 17.0 Å². The van der Waals surface area contributed by atoms with Crippen molar-refractivity contribution in [3.05, 3.63) is 27.2 Å². The molecule has 2 rings (SSSR count). The Bertz CT molecular complexity index is 813. The molecule has 0 aliphatic carbocycles.